The number of aromatic nitrogens is 1. The fourth-order valence-corrected chi connectivity index (χ4v) is 4.46. The Morgan fingerprint density at radius 3 is 2.93 bits per heavy atom. The number of amides is 1. The summed E-state index contributed by atoms with van der Waals surface area (Å²) in [5, 5.41) is 19.5. The molecule has 156 valence electrons. The Labute approximate surface area is 175 Å². The summed E-state index contributed by atoms with van der Waals surface area (Å²) in [6.45, 7) is 1.66. The highest BCUT2D eigenvalue weighted by Crippen LogP contribution is 2.36. The zero-order valence-corrected chi connectivity index (χ0v) is 16.8. The van der Waals surface area contributed by atoms with Crippen LogP contribution in [0.1, 0.15) is 34.7 Å². The molecule has 4 rings (SSSR count). The van der Waals surface area contributed by atoms with E-state index in [0.717, 1.165) is 36.9 Å². The van der Waals surface area contributed by atoms with E-state index in [0.29, 0.717) is 6.54 Å². The number of benzene rings is 2. The Hall–Kier alpha value is -2.93. The average molecular weight is 405 g/mol. The van der Waals surface area contributed by atoms with Crippen LogP contribution in [0.4, 0.5) is 0 Å². The van der Waals surface area contributed by atoms with E-state index in [1.807, 2.05) is 12.1 Å². The zero-order valence-electron chi connectivity index (χ0n) is 16.8. The van der Waals surface area contributed by atoms with Gasteiger partial charge in [0.05, 0.1) is 6.61 Å². The number of hydrogen-bond acceptors (Lipinski definition) is 4. The number of aliphatic hydroxyl groups is 1. The first-order valence-electron chi connectivity index (χ1n) is 10.3. The van der Waals surface area contributed by atoms with Crippen LogP contribution in [0, 0.1) is 0 Å². The van der Waals surface area contributed by atoms with E-state index >= 15 is 0 Å². The number of fused-ring (bicyclic) bond motifs is 2. The fraction of sp³-hybridized carbons (Fsp3) is 0.292. The van der Waals surface area contributed by atoms with Gasteiger partial charge in [-0.1, -0.05) is 36.4 Å². The molecule has 1 aliphatic rings. The second-order valence-corrected chi connectivity index (χ2v) is 7.69. The minimum absolute atomic E-state index is 0.136. The fourth-order valence-electron chi connectivity index (χ4n) is 4.46. The maximum atomic E-state index is 11.2. The lowest BCUT2D eigenvalue weighted by Crippen LogP contribution is -2.32. The Bertz CT molecular complexity index is 1060. The van der Waals surface area contributed by atoms with Crippen molar-refractivity contribution in [2.24, 2.45) is 0 Å². The van der Waals surface area contributed by atoms with Gasteiger partial charge in [-0.15, -0.1) is 0 Å². The number of carbonyl (C=O) groups is 1. The molecular weight excluding hydrogens is 378 g/mol. The largest absolute Gasteiger partial charge is 0.395 e. The number of hydrogen-bond donors (Lipinski definition) is 4. The number of aryl methyl sites for hydroxylation is 1. The van der Waals surface area contributed by atoms with E-state index < -0.39 is 5.91 Å². The van der Waals surface area contributed by atoms with E-state index in [4.69, 9.17) is 5.21 Å². The van der Waals surface area contributed by atoms with E-state index in [1.54, 1.807) is 11.6 Å². The highest BCUT2D eigenvalue weighted by Gasteiger charge is 2.27. The van der Waals surface area contributed by atoms with E-state index in [1.165, 1.54) is 28.2 Å². The van der Waals surface area contributed by atoms with Crippen LogP contribution in [0.15, 0.2) is 54.7 Å². The van der Waals surface area contributed by atoms with Crippen molar-refractivity contribution in [2.75, 3.05) is 19.7 Å². The van der Waals surface area contributed by atoms with Gasteiger partial charge in [0.1, 0.15) is 0 Å². The normalized spacial score (nSPS) is 15.9. The molecule has 0 bridgehead atoms. The highest BCUT2D eigenvalue weighted by atomic mass is 16.5. The number of para-hydroxylation sites is 1. The van der Waals surface area contributed by atoms with Crippen molar-refractivity contribution in [3.63, 3.8) is 0 Å². The van der Waals surface area contributed by atoms with Crippen molar-refractivity contribution < 1.29 is 15.1 Å². The maximum Gasteiger partial charge on any atom is 0.267 e. The lowest BCUT2D eigenvalue weighted by atomic mass is 10.0. The van der Waals surface area contributed by atoms with Crippen molar-refractivity contribution >= 4 is 22.9 Å². The van der Waals surface area contributed by atoms with Gasteiger partial charge in [0.2, 0.25) is 0 Å². The van der Waals surface area contributed by atoms with Crippen molar-refractivity contribution in [1.29, 1.82) is 0 Å². The summed E-state index contributed by atoms with van der Waals surface area (Å²) < 4.78 is 0. The number of H-pyrrole nitrogens is 1. The molecule has 0 aliphatic heterocycles. The molecule has 0 fully saturated rings. The molecule has 1 atom stereocenters. The van der Waals surface area contributed by atoms with Crippen molar-refractivity contribution in [3.8, 4) is 0 Å². The summed E-state index contributed by atoms with van der Waals surface area (Å²) in [6, 6.07) is 14.9. The molecule has 1 amide bonds. The Morgan fingerprint density at radius 2 is 2.10 bits per heavy atom. The zero-order chi connectivity index (χ0) is 20.9. The lowest BCUT2D eigenvalue weighted by Gasteiger charge is -2.29. The van der Waals surface area contributed by atoms with Crippen LogP contribution in [0.2, 0.25) is 0 Å². The van der Waals surface area contributed by atoms with Gasteiger partial charge in [-0.05, 0) is 53.7 Å². The molecule has 6 heteroatoms. The second kappa shape index (κ2) is 9.26. The lowest BCUT2D eigenvalue weighted by molar-refractivity contribution is -0.124. The molecule has 0 radical (unpaired) electrons. The topological polar surface area (TPSA) is 88.6 Å². The SMILES string of the molecule is O=C(C=Cc1ccc2c(c1)CC[C@H]2N(CCO)CCc1c[nH]c2ccccc12)NO. The third kappa shape index (κ3) is 4.31. The van der Waals surface area contributed by atoms with Crippen molar-refractivity contribution in [1.82, 2.24) is 15.4 Å². The van der Waals surface area contributed by atoms with Gasteiger partial charge in [-0.3, -0.25) is 14.9 Å². The predicted molar refractivity (Wildman–Crippen MR) is 117 cm³/mol. The second-order valence-electron chi connectivity index (χ2n) is 7.69. The first-order chi connectivity index (χ1) is 14.7. The van der Waals surface area contributed by atoms with Crippen LogP contribution < -0.4 is 5.48 Å². The van der Waals surface area contributed by atoms with Gasteiger partial charge in [0.15, 0.2) is 0 Å². The van der Waals surface area contributed by atoms with Crippen LogP contribution in [0.5, 0.6) is 0 Å². The molecule has 2 aromatic carbocycles. The first kappa shape index (κ1) is 20.3. The van der Waals surface area contributed by atoms with E-state index in [9.17, 15) is 9.90 Å². The number of rotatable bonds is 8. The van der Waals surface area contributed by atoms with E-state index in [-0.39, 0.29) is 12.6 Å². The number of hydroxylamine groups is 1. The van der Waals surface area contributed by atoms with Crippen molar-refractivity contribution in [2.45, 2.75) is 25.3 Å². The number of aliphatic hydroxyl groups excluding tert-OH is 1. The molecule has 0 saturated heterocycles. The maximum absolute atomic E-state index is 11.2. The summed E-state index contributed by atoms with van der Waals surface area (Å²) in [4.78, 5) is 16.9. The van der Waals surface area contributed by atoms with Gasteiger partial charge < -0.3 is 10.1 Å². The Balaban J connectivity index is 1.49. The molecular formula is C24H27N3O3. The van der Waals surface area contributed by atoms with Crippen LogP contribution in [-0.2, 0) is 17.6 Å². The third-order valence-corrected chi connectivity index (χ3v) is 5.92. The molecule has 1 heterocycles. The van der Waals surface area contributed by atoms with E-state index in [2.05, 4.69) is 46.4 Å². The minimum atomic E-state index is -0.542. The summed E-state index contributed by atoms with van der Waals surface area (Å²) in [5.41, 5.74) is 7.57. The highest BCUT2D eigenvalue weighted by molar-refractivity contribution is 5.90. The number of carbonyl (C=O) groups excluding carboxylic acids is 1. The molecule has 0 spiro atoms. The molecule has 1 aromatic heterocycles. The predicted octanol–water partition coefficient (Wildman–Crippen LogP) is 3.21. The quantitative estimate of drug-likeness (QED) is 0.263. The Morgan fingerprint density at radius 1 is 1.23 bits per heavy atom. The number of nitrogens with zero attached hydrogens (tertiary/aromatic N) is 1. The standard InChI is InChI=1S/C24H27N3O3/c28-14-13-27(12-11-19-16-25-22-4-2-1-3-20(19)22)23-9-7-18-15-17(5-8-21(18)23)6-10-24(29)26-30/h1-6,8,10,15-16,23,25,28,30H,7,9,11-14H2,(H,26,29)/t23-/m1/s1. The smallest absolute Gasteiger partial charge is 0.267 e. The van der Waals surface area contributed by atoms with Crippen molar-refractivity contribution in [3.05, 3.63) is 77.0 Å². The van der Waals surface area contributed by atoms with Gasteiger partial charge in [-0.2, -0.15) is 0 Å². The monoisotopic (exact) mass is 405 g/mol. The molecule has 30 heavy (non-hydrogen) atoms. The summed E-state index contributed by atoms with van der Waals surface area (Å²) >= 11 is 0. The van der Waals surface area contributed by atoms with Crippen LogP contribution in [-0.4, -0.2) is 45.8 Å². The number of aromatic amines is 1. The Kier molecular flexibility index (Phi) is 6.28. The summed E-state index contributed by atoms with van der Waals surface area (Å²) in [7, 11) is 0. The van der Waals surface area contributed by atoms with Gasteiger partial charge in [0, 0.05) is 42.3 Å². The molecule has 0 saturated carbocycles. The third-order valence-electron chi connectivity index (χ3n) is 5.92. The van der Waals surface area contributed by atoms with Crippen LogP contribution in [0.25, 0.3) is 17.0 Å². The summed E-state index contributed by atoms with van der Waals surface area (Å²) in [5.74, 6) is -0.542. The van der Waals surface area contributed by atoms with Crippen LogP contribution >= 0.6 is 0 Å². The average Bonchev–Trinajstić information content (AvgIpc) is 3.39. The van der Waals surface area contributed by atoms with Gasteiger partial charge in [-0.25, -0.2) is 5.48 Å². The van der Waals surface area contributed by atoms with Gasteiger partial charge >= 0.3 is 0 Å². The molecule has 0 unspecified atom stereocenters. The molecule has 3 aromatic rings. The number of nitrogens with one attached hydrogen (secondary N) is 2. The molecule has 1 aliphatic carbocycles. The first-order valence-corrected chi connectivity index (χ1v) is 10.3. The minimum Gasteiger partial charge on any atom is -0.395 e. The molecule has 4 N–H and O–H groups in total. The summed E-state index contributed by atoms with van der Waals surface area (Å²) in [6.07, 6.45) is 8.02. The molecule has 6 nitrogen and oxygen atoms in total. The van der Waals surface area contributed by atoms with Gasteiger partial charge in [0.25, 0.3) is 5.91 Å². The van der Waals surface area contributed by atoms with Crippen LogP contribution in [0.3, 0.4) is 0 Å².